The van der Waals surface area contributed by atoms with Gasteiger partial charge in [0.15, 0.2) is 10.8 Å². The number of esters is 1. The topological polar surface area (TPSA) is 143 Å². The minimum absolute atomic E-state index is 0.0148. The Morgan fingerprint density at radius 2 is 2.05 bits per heavy atom. The third kappa shape index (κ3) is 4.03. The summed E-state index contributed by atoms with van der Waals surface area (Å²) in [5, 5.41) is 14.9. The van der Waals surface area contributed by atoms with E-state index in [1.165, 1.54) is 22.9 Å². The Morgan fingerprint density at radius 3 is 2.73 bits per heavy atom. The number of sulfonamides is 1. The molecule has 1 N–H and O–H groups in total. The van der Waals surface area contributed by atoms with E-state index in [0.29, 0.717) is 49.1 Å². The van der Waals surface area contributed by atoms with Crippen LogP contribution in [0.4, 0.5) is 18.9 Å². The lowest BCUT2D eigenvalue weighted by molar-refractivity contribution is -0.138. The Balaban J connectivity index is 1.49. The van der Waals surface area contributed by atoms with Gasteiger partial charge in [-0.2, -0.15) is 23.2 Å². The van der Waals surface area contributed by atoms with Crippen molar-refractivity contribution in [2.45, 2.75) is 35.9 Å². The number of nitriles is 1. The first kappa shape index (κ1) is 23.8. The molecule has 0 atom stereocenters. The molecule has 11 nitrogen and oxygen atoms in total. The van der Waals surface area contributed by atoms with Crippen LogP contribution in [0.25, 0.3) is 16.3 Å². The molecule has 0 saturated heterocycles. The van der Waals surface area contributed by atoms with Crippen molar-refractivity contribution in [3.63, 3.8) is 0 Å². The molecule has 0 radical (unpaired) electrons. The molecule has 0 amide bonds. The van der Waals surface area contributed by atoms with Gasteiger partial charge in [0, 0.05) is 24.9 Å². The number of pyridine rings is 1. The summed E-state index contributed by atoms with van der Waals surface area (Å²) < 4.78 is 74.9. The fourth-order valence-electron chi connectivity index (χ4n) is 4.37. The molecule has 37 heavy (non-hydrogen) atoms. The molecule has 1 fully saturated rings. The van der Waals surface area contributed by atoms with Crippen LogP contribution >= 0.6 is 11.3 Å². The maximum Gasteiger partial charge on any atom is 0.445 e. The number of rotatable bonds is 5. The minimum Gasteiger partial charge on any atom is -0.458 e. The number of aromatic nitrogens is 4. The van der Waals surface area contributed by atoms with Gasteiger partial charge in [-0.05, 0) is 30.9 Å². The molecule has 0 spiro atoms. The van der Waals surface area contributed by atoms with E-state index in [2.05, 4.69) is 19.9 Å². The summed E-state index contributed by atoms with van der Waals surface area (Å²) in [5.74, 6) is -0.381. The van der Waals surface area contributed by atoms with Crippen LogP contribution in [0.1, 0.15) is 24.3 Å². The summed E-state index contributed by atoms with van der Waals surface area (Å²) in [5.41, 5.74) is 1.06. The van der Waals surface area contributed by atoms with Gasteiger partial charge in [-0.3, -0.25) is 4.40 Å². The van der Waals surface area contributed by atoms with Gasteiger partial charge in [0.05, 0.1) is 23.5 Å². The number of hydrogen-bond acceptors (Lipinski definition) is 10. The molecule has 3 aromatic rings. The molecule has 5 heterocycles. The van der Waals surface area contributed by atoms with Gasteiger partial charge in [-0.1, -0.05) is 11.3 Å². The number of alkyl halides is 3. The SMILES string of the molecule is N#CC1(NS(=O)(=O)c2cc(N3CCC4=C(COC4=O)C3)c3cnc(-c4nnc(C(F)(F)F)s4)n3c2)CC1. The summed E-state index contributed by atoms with van der Waals surface area (Å²) in [6.45, 7) is 0.814. The van der Waals surface area contributed by atoms with Crippen LogP contribution in [0, 0.1) is 11.3 Å². The number of nitrogens with zero attached hydrogens (tertiary/aromatic N) is 6. The van der Waals surface area contributed by atoms with Crippen molar-refractivity contribution in [2.75, 3.05) is 24.6 Å². The minimum atomic E-state index is -4.69. The summed E-state index contributed by atoms with van der Waals surface area (Å²) in [6.07, 6.45) is -0.905. The summed E-state index contributed by atoms with van der Waals surface area (Å²) in [6, 6.07) is 3.41. The number of halogens is 3. The lowest BCUT2D eigenvalue weighted by atomic mass is 10.0. The molecular weight excluding hydrogens is 535 g/mol. The molecule has 0 unspecified atom stereocenters. The van der Waals surface area contributed by atoms with E-state index in [1.807, 2.05) is 11.0 Å². The highest BCUT2D eigenvalue weighted by Crippen LogP contribution is 2.39. The smallest absolute Gasteiger partial charge is 0.445 e. The molecule has 3 aliphatic rings. The third-order valence-corrected chi connectivity index (χ3v) is 8.93. The lowest BCUT2D eigenvalue weighted by Gasteiger charge is -2.30. The fourth-order valence-corrected chi connectivity index (χ4v) is 6.47. The number of ether oxygens (including phenoxy) is 1. The van der Waals surface area contributed by atoms with Crippen LogP contribution in [0.3, 0.4) is 0 Å². The number of imidazole rings is 1. The third-order valence-electron chi connectivity index (χ3n) is 6.46. The Bertz CT molecular complexity index is 1650. The second kappa shape index (κ2) is 7.97. The number of hydrogen-bond donors (Lipinski definition) is 1. The number of nitrogens with one attached hydrogen (secondary N) is 1. The van der Waals surface area contributed by atoms with Gasteiger partial charge in [0.1, 0.15) is 17.0 Å². The predicted molar refractivity (Wildman–Crippen MR) is 122 cm³/mol. The van der Waals surface area contributed by atoms with Crippen molar-refractivity contribution in [3.05, 3.63) is 34.6 Å². The first-order valence-electron chi connectivity index (χ1n) is 11.0. The normalized spacial score (nSPS) is 19.2. The van der Waals surface area contributed by atoms with Crippen molar-refractivity contribution in [3.8, 4) is 16.9 Å². The van der Waals surface area contributed by atoms with Crippen LogP contribution in [0.15, 0.2) is 34.5 Å². The van der Waals surface area contributed by atoms with Crippen LogP contribution in [-0.2, 0) is 25.7 Å². The van der Waals surface area contributed by atoms with Crippen molar-refractivity contribution in [1.29, 1.82) is 5.26 Å². The van der Waals surface area contributed by atoms with Crippen LogP contribution < -0.4 is 9.62 Å². The van der Waals surface area contributed by atoms with Gasteiger partial charge in [0.25, 0.3) is 0 Å². The standard InChI is InChI=1S/C21H16F3N7O4S2/c22-21(23,24)19-28-27-17(36-19)16-26-6-15-14(30-4-1-13-11(7-30)9-35-18(13)32)5-12(8-31(15)16)37(33,34)29-20(10-25)2-3-20/h5-6,8,29H,1-4,7,9H2. The Hall–Kier alpha value is -3.55. The molecule has 3 aromatic heterocycles. The van der Waals surface area contributed by atoms with Gasteiger partial charge in [0.2, 0.25) is 15.0 Å². The molecule has 2 aliphatic heterocycles. The molecule has 1 aliphatic carbocycles. The number of anilines is 1. The molecule has 0 bridgehead atoms. The van der Waals surface area contributed by atoms with Gasteiger partial charge < -0.3 is 9.64 Å². The highest BCUT2D eigenvalue weighted by molar-refractivity contribution is 7.89. The number of cyclic esters (lactones) is 1. The Morgan fingerprint density at radius 1 is 1.27 bits per heavy atom. The molecule has 0 aromatic carbocycles. The zero-order valence-corrected chi connectivity index (χ0v) is 20.4. The number of fused-ring (bicyclic) bond motifs is 1. The largest absolute Gasteiger partial charge is 0.458 e. The predicted octanol–water partition coefficient (Wildman–Crippen LogP) is 2.27. The van der Waals surface area contributed by atoms with Crippen molar-refractivity contribution in [1.82, 2.24) is 24.3 Å². The van der Waals surface area contributed by atoms with E-state index in [9.17, 15) is 31.6 Å². The van der Waals surface area contributed by atoms with Crippen LogP contribution in [-0.4, -0.2) is 59.2 Å². The zero-order valence-electron chi connectivity index (χ0n) is 18.7. The quantitative estimate of drug-likeness (QED) is 0.473. The summed E-state index contributed by atoms with van der Waals surface area (Å²) >= 11 is 0.290. The average Bonchev–Trinajstić information content (AvgIpc) is 3.21. The van der Waals surface area contributed by atoms with E-state index in [-0.39, 0.29) is 39.6 Å². The molecule has 192 valence electrons. The Labute approximate surface area is 211 Å². The van der Waals surface area contributed by atoms with Crippen molar-refractivity contribution < 1.29 is 31.1 Å². The molecule has 1 saturated carbocycles. The number of carbonyl (C=O) groups excluding carboxylic acids is 1. The van der Waals surface area contributed by atoms with Gasteiger partial charge in [-0.25, -0.2) is 18.2 Å². The maximum atomic E-state index is 13.3. The van der Waals surface area contributed by atoms with E-state index in [1.54, 1.807) is 0 Å². The van der Waals surface area contributed by atoms with E-state index in [0.717, 1.165) is 5.57 Å². The van der Waals surface area contributed by atoms with E-state index in [4.69, 9.17) is 4.74 Å². The summed E-state index contributed by atoms with van der Waals surface area (Å²) in [7, 11) is -4.19. The zero-order chi connectivity index (χ0) is 26.2. The van der Waals surface area contributed by atoms with Crippen LogP contribution in [0.5, 0.6) is 0 Å². The second-order valence-electron chi connectivity index (χ2n) is 8.94. The van der Waals surface area contributed by atoms with Gasteiger partial charge >= 0.3 is 12.1 Å². The summed E-state index contributed by atoms with van der Waals surface area (Å²) in [4.78, 5) is 17.8. The van der Waals surface area contributed by atoms with Crippen LogP contribution in [0.2, 0.25) is 0 Å². The highest BCUT2D eigenvalue weighted by Gasteiger charge is 2.47. The molecule has 16 heteroatoms. The maximum absolute atomic E-state index is 13.3. The Kier molecular flexibility index (Phi) is 5.13. The number of carbonyl (C=O) groups is 1. The van der Waals surface area contributed by atoms with Gasteiger partial charge in [-0.15, -0.1) is 10.2 Å². The fraction of sp³-hybridized carbons (Fsp3) is 0.381. The lowest BCUT2D eigenvalue weighted by Crippen LogP contribution is -2.36. The van der Waals surface area contributed by atoms with E-state index >= 15 is 0 Å². The van der Waals surface area contributed by atoms with Crippen molar-refractivity contribution in [2.24, 2.45) is 0 Å². The first-order valence-corrected chi connectivity index (χ1v) is 13.3. The van der Waals surface area contributed by atoms with E-state index < -0.39 is 26.7 Å². The highest BCUT2D eigenvalue weighted by atomic mass is 32.2. The average molecular weight is 552 g/mol. The second-order valence-corrected chi connectivity index (χ2v) is 11.6. The molecule has 6 rings (SSSR count). The van der Waals surface area contributed by atoms with Crippen molar-refractivity contribution >= 4 is 38.5 Å². The molecular formula is C21H16F3N7O4S2. The first-order chi connectivity index (χ1) is 17.5. The monoisotopic (exact) mass is 551 g/mol.